The standard InChI is InChI=1S/C10H19N5O2/c1-3-13-10(17)6-12-7-15-9(2)14-5-4-11-8-16/h6-9,14H,3-5H2,1-2H3,(H,11,16)(H,13,17). The molecule has 0 bridgehead atoms. The molecule has 0 saturated carbocycles. The van der Waals surface area contributed by atoms with Gasteiger partial charge in [-0.2, -0.15) is 0 Å². The Labute approximate surface area is 101 Å². The maximum atomic E-state index is 11.0. The van der Waals surface area contributed by atoms with Gasteiger partial charge in [-0.05, 0) is 13.8 Å². The minimum absolute atomic E-state index is 0.116. The van der Waals surface area contributed by atoms with Crippen LogP contribution in [0.1, 0.15) is 13.8 Å². The monoisotopic (exact) mass is 241 g/mol. The largest absolute Gasteiger partial charge is 0.357 e. The second-order valence-electron chi connectivity index (χ2n) is 3.14. The van der Waals surface area contributed by atoms with E-state index in [2.05, 4.69) is 25.9 Å². The third-order valence-corrected chi connectivity index (χ3v) is 1.69. The number of hydrogen-bond donors (Lipinski definition) is 3. The molecule has 17 heavy (non-hydrogen) atoms. The van der Waals surface area contributed by atoms with E-state index in [1.165, 1.54) is 12.6 Å². The number of nitrogens with one attached hydrogen (secondary N) is 3. The van der Waals surface area contributed by atoms with Crippen LogP contribution in [0.4, 0.5) is 0 Å². The molecule has 0 aromatic carbocycles. The zero-order valence-electron chi connectivity index (χ0n) is 10.1. The van der Waals surface area contributed by atoms with Crippen molar-refractivity contribution in [3.63, 3.8) is 0 Å². The second-order valence-corrected chi connectivity index (χ2v) is 3.14. The van der Waals surface area contributed by atoms with Crippen molar-refractivity contribution in [2.24, 2.45) is 9.98 Å². The molecule has 7 nitrogen and oxygen atoms in total. The topological polar surface area (TPSA) is 94.9 Å². The molecule has 96 valence electrons. The minimum Gasteiger partial charge on any atom is -0.357 e. The maximum absolute atomic E-state index is 11.0. The van der Waals surface area contributed by atoms with Crippen molar-refractivity contribution in [3.8, 4) is 0 Å². The highest BCUT2D eigenvalue weighted by Crippen LogP contribution is 1.80. The van der Waals surface area contributed by atoms with Gasteiger partial charge in [0.05, 0.1) is 12.4 Å². The molecule has 0 rings (SSSR count). The SMILES string of the molecule is CCNC(=O)C=NC=NC(C)NCCNC=O. The van der Waals surface area contributed by atoms with Gasteiger partial charge in [-0.3, -0.25) is 19.9 Å². The van der Waals surface area contributed by atoms with E-state index < -0.39 is 0 Å². The second kappa shape index (κ2) is 10.7. The van der Waals surface area contributed by atoms with E-state index in [9.17, 15) is 9.59 Å². The van der Waals surface area contributed by atoms with Gasteiger partial charge in [0.1, 0.15) is 6.34 Å². The number of hydrogen-bond acceptors (Lipinski definition) is 4. The lowest BCUT2D eigenvalue weighted by Crippen LogP contribution is -2.31. The molecule has 0 aliphatic rings. The Morgan fingerprint density at radius 1 is 1.41 bits per heavy atom. The molecule has 0 aromatic heterocycles. The van der Waals surface area contributed by atoms with Gasteiger partial charge in [0, 0.05) is 19.6 Å². The summed E-state index contributed by atoms with van der Waals surface area (Å²) < 4.78 is 0. The summed E-state index contributed by atoms with van der Waals surface area (Å²) in [5, 5.41) is 8.13. The molecule has 0 aromatic rings. The minimum atomic E-state index is -0.241. The highest BCUT2D eigenvalue weighted by molar-refractivity contribution is 6.27. The Morgan fingerprint density at radius 3 is 2.82 bits per heavy atom. The lowest BCUT2D eigenvalue weighted by atomic mass is 10.5. The van der Waals surface area contributed by atoms with Gasteiger partial charge in [0.25, 0.3) is 5.91 Å². The number of nitrogens with zero attached hydrogens (tertiary/aromatic N) is 2. The van der Waals surface area contributed by atoms with E-state index in [0.717, 1.165) is 0 Å². The normalized spacial score (nSPS) is 12.8. The van der Waals surface area contributed by atoms with Gasteiger partial charge in [-0.1, -0.05) is 0 Å². The first-order valence-electron chi connectivity index (χ1n) is 5.43. The van der Waals surface area contributed by atoms with Crippen molar-refractivity contribution in [2.45, 2.75) is 20.0 Å². The molecule has 0 saturated heterocycles. The van der Waals surface area contributed by atoms with Gasteiger partial charge in [0.15, 0.2) is 0 Å². The van der Waals surface area contributed by atoms with Crippen molar-refractivity contribution in [1.82, 2.24) is 16.0 Å². The molecule has 3 N–H and O–H groups in total. The van der Waals surface area contributed by atoms with Crippen LogP contribution in [0.3, 0.4) is 0 Å². The molecule has 0 fully saturated rings. The van der Waals surface area contributed by atoms with Gasteiger partial charge >= 0.3 is 0 Å². The maximum Gasteiger partial charge on any atom is 0.262 e. The average molecular weight is 241 g/mol. The number of carbonyl (C=O) groups is 2. The number of rotatable bonds is 9. The lowest BCUT2D eigenvalue weighted by molar-refractivity contribution is -0.114. The van der Waals surface area contributed by atoms with Crippen molar-refractivity contribution >= 4 is 24.9 Å². The summed E-state index contributed by atoms with van der Waals surface area (Å²) >= 11 is 0. The Kier molecular flexibility index (Phi) is 9.64. The number of amides is 2. The first-order chi connectivity index (χ1) is 8.20. The predicted molar refractivity (Wildman–Crippen MR) is 67.2 cm³/mol. The third kappa shape index (κ3) is 10.5. The van der Waals surface area contributed by atoms with Crippen LogP contribution in [0, 0.1) is 0 Å². The summed E-state index contributed by atoms with van der Waals surface area (Å²) in [7, 11) is 0. The Hall–Kier alpha value is -1.76. The number of carbonyl (C=O) groups excluding carboxylic acids is 2. The van der Waals surface area contributed by atoms with Gasteiger partial charge in [0.2, 0.25) is 6.41 Å². The molecule has 0 heterocycles. The lowest BCUT2D eigenvalue weighted by Gasteiger charge is -2.07. The molecule has 1 unspecified atom stereocenters. The van der Waals surface area contributed by atoms with E-state index in [1.54, 1.807) is 0 Å². The van der Waals surface area contributed by atoms with E-state index >= 15 is 0 Å². The van der Waals surface area contributed by atoms with Gasteiger partial charge in [-0.15, -0.1) is 0 Å². The Morgan fingerprint density at radius 2 is 2.18 bits per heavy atom. The first kappa shape index (κ1) is 15.2. The molecule has 2 amide bonds. The fourth-order valence-corrected chi connectivity index (χ4v) is 0.924. The van der Waals surface area contributed by atoms with Crippen molar-refractivity contribution in [3.05, 3.63) is 0 Å². The van der Waals surface area contributed by atoms with Crippen LogP contribution in [0.25, 0.3) is 0 Å². The molecule has 0 aliphatic heterocycles. The Bertz CT molecular complexity index is 278. The van der Waals surface area contributed by atoms with Gasteiger partial charge in [-0.25, -0.2) is 4.99 Å². The molecule has 7 heteroatoms. The van der Waals surface area contributed by atoms with Crippen LogP contribution in [-0.4, -0.2) is 50.7 Å². The number of aliphatic imine (C=N–C) groups is 2. The van der Waals surface area contributed by atoms with Crippen molar-refractivity contribution in [2.75, 3.05) is 19.6 Å². The van der Waals surface area contributed by atoms with E-state index in [1.807, 2.05) is 13.8 Å². The van der Waals surface area contributed by atoms with Gasteiger partial charge < -0.3 is 10.6 Å². The summed E-state index contributed by atoms with van der Waals surface area (Å²) in [4.78, 5) is 28.7. The summed E-state index contributed by atoms with van der Waals surface area (Å²) in [6.45, 7) is 5.42. The molecular formula is C10H19N5O2. The summed E-state index contributed by atoms with van der Waals surface area (Å²) in [6, 6.07) is 0. The van der Waals surface area contributed by atoms with Crippen LogP contribution in [0.5, 0.6) is 0 Å². The first-order valence-corrected chi connectivity index (χ1v) is 5.43. The highest BCUT2D eigenvalue weighted by atomic mass is 16.1. The van der Waals surface area contributed by atoms with Crippen LogP contribution in [-0.2, 0) is 9.59 Å². The predicted octanol–water partition coefficient (Wildman–Crippen LogP) is -1.10. The van der Waals surface area contributed by atoms with Crippen LogP contribution >= 0.6 is 0 Å². The third-order valence-electron chi connectivity index (χ3n) is 1.69. The highest BCUT2D eigenvalue weighted by Gasteiger charge is 1.94. The van der Waals surface area contributed by atoms with Crippen molar-refractivity contribution in [1.29, 1.82) is 0 Å². The fourth-order valence-electron chi connectivity index (χ4n) is 0.924. The van der Waals surface area contributed by atoms with Crippen LogP contribution < -0.4 is 16.0 Å². The molecule has 0 spiro atoms. The molecule has 1 atom stereocenters. The van der Waals surface area contributed by atoms with E-state index in [-0.39, 0.29) is 12.1 Å². The quantitative estimate of drug-likeness (QED) is 0.207. The summed E-state index contributed by atoms with van der Waals surface area (Å²) in [5.41, 5.74) is 0. The molecule has 0 aliphatic carbocycles. The smallest absolute Gasteiger partial charge is 0.262 e. The van der Waals surface area contributed by atoms with Crippen LogP contribution in [0.15, 0.2) is 9.98 Å². The zero-order valence-corrected chi connectivity index (χ0v) is 10.1. The zero-order chi connectivity index (χ0) is 12.9. The molecule has 0 radical (unpaired) electrons. The van der Waals surface area contributed by atoms with Crippen molar-refractivity contribution < 1.29 is 9.59 Å². The molecular weight excluding hydrogens is 222 g/mol. The van der Waals surface area contributed by atoms with E-state index in [0.29, 0.717) is 26.0 Å². The van der Waals surface area contributed by atoms with Crippen LogP contribution in [0.2, 0.25) is 0 Å². The average Bonchev–Trinajstić information content (AvgIpc) is 2.31. The van der Waals surface area contributed by atoms with E-state index in [4.69, 9.17) is 0 Å². The summed E-state index contributed by atoms with van der Waals surface area (Å²) in [5.74, 6) is -0.241. The Balaban J connectivity index is 3.68. The summed E-state index contributed by atoms with van der Waals surface area (Å²) in [6.07, 6.45) is 3.02. The fraction of sp³-hybridized carbons (Fsp3) is 0.600.